The van der Waals surface area contributed by atoms with Crippen molar-refractivity contribution in [3.63, 3.8) is 0 Å². The van der Waals surface area contributed by atoms with Crippen molar-refractivity contribution in [1.82, 2.24) is 9.97 Å². The zero-order valence-electron chi connectivity index (χ0n) is 11.1. The average Bonchev–Trinajstić information content (AvgIpc) is 2.37. The highest BCUT2D eigenvalue weighted by atomic mass is 35.5. The number of nitrogens with zero attached hydrogens (tertiary/aromatic N) is 3. The van der Waals surface area contributed by atoms with Crippen LogP contribution < -0.4 is 10.2 Å². The maximum atomic E-state index is 6.20. The Hall–Kier alpha value is -1.03. The highest BCUT2D eigenvalue weighted by Gasteiger charge is 2.19. The molecule has 1 aromatic rings. The summed E-state index contributed by atoms with van der Waals surface area (Å²) in [6, 6.07) is 1.91. The molecular formula is C13H21ClN4. The lowest BCUT2D eigenvalue weighted by atomic mass is 9.89. The van der Waals surface area contributed by atoms with Gasteiger partial charge in [-0.1, -0.05) is 6.42 Å². The van der Waals surface area contributed by atoms with Crippen LogP contribution in [0.3, 0.4) is 0 Å². The van der Waals surface area contributed by atoms with Gasteiger partial charge in [-0.15, -0.1) is 11.6 Å². The Morgan fingerprint density at radius 1 is 1.44 bits per heavy atom. The lowest BCUT2D eigenvalue weighted by Gasteiger charge is -2.25. The van der Waals surface area contributed by atoms with Gasteiger partial charge in [0.1, 0.15) is 5.82 Å². The Balaban J connectivity index is 1.87. The van der Waals surface area contributed by atoms with Gasteiger partial charge in [0.15, 0.2) is 0 Å². The molecule has 0 aromatic carbocycles. The highest BCUT2D eigenvalue weighted by Crippen LogP contribution is 2.27. The van der Waals surface area contributed by atoms with Gasteiger partial charge in [-0.05, 0) is 31.2 Å². The molecule has 2 rings (SSSR count). The number of aromatic nitrogens is 2. The third-order valence-corrected chi connectivity index (χ3v) is 3.73. The topological polar surface area (TPSA) is 41.1 Å². The van der Waals surface area contributed by atoms with Crippen LogP contribution in [-0.4, -0.2) is 36.0 Å². The van der Waals surface area contributed by atoms with E-state index in [4.69, 9.17) is 11.6 Å². The van der Waals surface area contributed by atoms with Crippen molar-refractivity contribution in [1.29, 1.82) is 0 Å². The van der Waals surface area contributed by atoms with Gasteiger partial charge >= 0.3 is 0 Å². The minimum absolute atomic E-state index is 0.355. The van der Waals surface area contributed by atoms with Crippen molar-refractivity contribution in [2.45, 2.75) is 31.1 Å². The van der Waals surface area contributed by atoms with Gasteiger partial charge in [-0.2, -0.15) is 4.98 Å². The minimum atomic E-state index is 0.355. The number of nitrogens with one attached hydrogen (secondary N) is 1. The molecule has 2 unspecified atom stereocenters. The van der Waals surface area contributed by atoms with E-state index in [0.717, 1.165) is 31.2 Å². The van der Waals surface area contributed by atoms with Gasteiger partial charge < -0.3 is 10.2 Å². The molecule has 1 heterocycles. The summed E-state index contributed by atoms with van der Waals surface area (Å²) in [6.07, 6.45) is 6.57. The zero-order valence-corrected chi connectivity index (χ0v) is 11.8. The van der Waals surface area contributed by atoms with Crippen LogP contribution in [0.15, 0.2) is 12.3 Å². The minimum Gasteiger partial charge on any atom is -0.370 e. The second-order valence-corrected chi connectivity index (χ2v) is 5.76. The molecule has 0 amide bonds. The first kappa shape index (κ1) is 13.4. The standard InChI is InChI=1S/C13H21ClN4/c1-18(2)13-15-7-6-12(17-13)16-9-10-4-3-5-11(14)8-10/h6-7,10-11H,3-5,8-9H2,1-2H3,(H,15,16,17). The summed E-state index contributed by atoms with van der Waals surface area (Å²) >= 11 is 6.20. The fourth-order valence-corrected chi connectivity index (χ4v) is 2.73. The molecule has 0 spiro atoms. The Bertz CT molecular complexity index is 383. The van der Waals surface area contributed by atoms with Crippen molar-refractivity contribution in [2.24, 2.45) is 5.92 Å². The summed E-state index contributed by atoms with van der Waals surface area (Å²) < 4.78 is 0. The highest BCUT2D eigenvalue weighted by molar-refractivity contribution is 6.20. The summed E-state index contributed by atoms with van der Waals surface area (Å²) in [7, 11) is 3.89. The van der Waals surface area contributed by atoms with Crippen molar-refractivity contribution in [2.75, 3.05) is 30.9 Å². The predicted octanol–water partition coefficient (Wildman–Crippen LogP) is 2.75. The number of anilines is 2. The SMILES string of the molecule is CN(C)c1nccc(NCC2CCCC(Cl)C2)n1. The van der Waals surface area contributed by atoms with Gasteiger partial charge in [0.25, 0.3) is 0 Å². The van der Waals surface area contributed by atoms with Crippen molar-refractivity contribution in [3.8, 4) is 0 Å². The summed E-state index contributed by atoms with van der Waals surface area (Å²) in [5.41, 5.74) is 0. The van der Waals surface area contributed by atoms with Crippen LogP contribution in [0.4, 0.5) is 11.8 Å². The Labute approximate surface area is 114 Å². The van der Waals surface area contributed by atoms with E-state index in [-0.39, 0.29) is 0 Å². The molecule has 0 bridgehead atoms. The van der Waals surface area contributed by atoms with Gasteiger partial charge in [-0.25, -0.2) is 4.98 Å². The molecule has 100 valence electrons. The largest absolute Gasteiger partial charge is 0.370 e. The fraction of sp³-hybridized carbons (Fsp3) is 0.692. The first-order valence-corrected chi connectivity index (χ1v) is 6.97. The molecule has 1 aromatic heterocycles. The van der Waals surface area contributed by atoms with Crippen molar-refractivity contribution in [3.05, 3.63) is 12.3 Å². The van der Waals surface area contributed by atoms with E-state index in [1.165, 1.54) is 12.8 Å². The molecule has 0 aliphatic heterocycles. The van der Waals surface area contributed by atoms with Crippen LogP contribution in [0.5, 0.6) is 0 Å². The number of alkyl halides is 1. The van der Waals surface area contributed by atoms with E-state index >= 15 is 0 Å². The Kier molecular flexibility index (Phi) is 4.64. The molecule has 1 aliphatic carbocycles. The van der Waals surface area contributed by atoms with E-state index < -0.39 is 0 Å². The monoisotopic (exact) mass is 268 g/mol. The van der Waals surface area contributed by atoms with Crippen LogP contribution >= 0.6 is 11.6 Å². The van der Waals surface area contributed by atoms with E-state index in [0.29, 0.717) is 11.3 Å². The maximum Gasteiger partial charge on any atom is 0.226 e. The summed E-state index contributed by atoms with van der Waals surface area (Å²) in [6.45, 7) is 0.951. The number of hydrogen-bond donors (Lipinski definition) is 1. The van der Waals surface area contributed by atoms with Gasteiger partial charge in [-0.3, -0.25) is 0 Å². The van der Waals surface area contributed by atoms with Crippen LogP contribution in [0.1, 0.15) is 25.7 Å². The molecule has 4 nitrogen and oxygen atoms in total. The van der Waals surface area contributed by atoms with Crippen LogP contribution in [0.2, 0.25) is 0 Å². The van der Waals surface area contributed by atoms with Crippen molar-refractivity contribution >= 4 is 23.4 Å². The molecule has 1 N–H and O–H groups in total. The van der Waals surface area contributed by atoms with Gasteiger partial charge in [0.05, 0.1) is 0 Å². The smallest absolute Gasteiger partial charge is 0.226 e. The molecule has 0 radical (unpaired) electrons. The lowest BCUT2D eigenvalue weighted by Crippen LogP contribution is -2.23. The average molecular weight is 269 g/mol. The lowest BCUT2D eigenvalue weighted by molar-refractivity contribution is 0.378. The van der Waals surface area contributed by atoms with E-state index in [2.05, 4.69) is 15.3 Å². The fourth-order valence-electron chi connectivity index (χ4n) is 2.32. The first-order valence-electron chi connectivity index (χ1n) is 6.53. The number of hydrogen-bond acceptors (Lipinski definition) is 4. The van der Waals surface area contributed by atoms with Crippen LogP contribution in [0.25, 0.3) is 0 Å². The Morgan fingerprint density at radius 3 is 3.00 bits per heavy atom. The van der Waals surface area contributed by atoms with Crippen LogP contribution in [-0.2, 0) is 0 Å². The normalized spacial score (nSPS) is 23.7. The quantitative estimate of drug-likeness (QED) is 0.853. The van der Waals surface area contributed by atoms with Crippen LogP contribution in [0, 0.1) is 5.92 Å². The zero-order chi connectivity index (χ0) is 13.0. The first-order chi connectivity index (χ1) is 8.65. The van der Waals surface area contributed by atoms with E-state index in [1.807, 2.05) is 25.1 Å². The third-order valence-electron chi connectivity index (χ3n) is 3.33. The predicted molar refractivity (Wildman–Crippen MR) is 76.4 cm³/mol. The molecule has 2 atom stereocenters. The Morgan fingerprint density at radius 2 is 2.28 bits per heavy atom. The van der Waals surface area contributed by atoms with Gasteiger partial charge in [0.2, 0.25) is 5.95 Å². The second-order valence-electron chi connectivity index (χ2n) is 5.15. The third kappa shape index (κ3) is 3.73. The van der Waals surface area contributed by atoms with Gasteiger partial charge in [0, 0.05) is 32.2 Å². The molecular weight excluding hydrogens is 248 g/mol. The van der Waals surface area contributed by atoms with E-state index in [1.54, 1.807) is 6.20 Å². The molecule has 1 fully saturated rings. The summed E-state index contributed by atoms with van der Waals surface area (Å²) in [4.78, 5) is 10.5. The molecule has 1 saturated carbocycles. The molecule has 18 heavy (non-hydrogen) atoms. The van der Waals surface area contributed by atoms with E-state index in [9.17, 15) is 0 Å². The molecule has 5 heteroatoms. The summed E-state index contributed by atoms with van der Waals surface area (Å²) in [5, 5.41) is 3.75. The number of rotatable bonds is 4. The molecule has 0 saturated heterocycles. The second kappa shape index (κ2) is 6.23. The number of halogens is 1. The summed E-state index contributed by atoms with van der Waals surface area (Å²) in [5.74, 6) is 2.29. The van der Waals surface area contributed by atoms with Crippen molar-refractivity contribution < 1.29 is 0 Å². The maximum absolute atomic E-state index is 6.20. The molecule has 1 aliphatic rings.